The van der Waals surface area contributed by atoms with Gasteiger partial charge in [-0.1, -0.05) is 11.6 Å². The van der Waals surface area contributed by atoms with Crippen LogP contribution in [0, 0.1) is 11.6 Å². The first-order chi connectivity index (χ1) is 18.7. The average molecular weight is 651 g/mol. The molecule has 1 heterocycles. The van der Waals surface area contributed by atoms with Crippen molar-refractivity contribution in [2.45, 2.75) is 25.4 Å². The molecule has 0 aliphatic carbocycles. The van der Waals surface area contributed by atoms with E-state index in [1.165, 1.54) is 17.8 Å². The Morgan fingerprint density at radius 2 is 1.77 bits per heavy atom. The van der Waals surface area contributed by atoms with Gasteiger partial charge in [-0.3, -0.25) is 14.3 Å². The van der Waals surface area contributed by atoms with E-state index < -0.39 is 53.5 Å². The van der Waals surface area contributed by atoms with Crippen molar-refractivity contribution in [1.29, 1.82) is 0 Å². The first kappa shape index (κ1) is 29.5. The summed E-state index contributed by atoms with van der Waals surface area (Å²) in [5, 5.41) is 6.67. The van der Waals surface area contributed by atoms with Crippen LogP contribution in [-0.4, -0.2) is 27.9 Å². The Bertz CT molecular complexity index is 1650. The van der Waals surface area contributed by atoms with Gasteiger partial charge in [-0.2, -0.15) is 18.3 Å². The van der Waals surface area contributed by atoms with E-state index in [0.717, 1.165) is 18.2 Å². The summed E-state index contributed by atoms with van der Waals surface area (Å²) >= 11 is 9.37. The zero-order chi connectivity index (χ0) is 29.5. The summed E-state index contributed by atoms with van der Waals surface area (Å²) < 4.78 is 94.8. The molecule has 14 heteroatoms. The van der Waals surface area contributed by atoms with Crippen LogP contribution in [0.3, 0.4) is 0 Å². The van der Waals surface area contributed by atoms with Gasteiger partial charge in [0.2, 0.25) is 6.43 Å². The van der Waals surface area contributed by atoms with E-state index in [1.807, 2.05) is 0 Å². The highest BCUT2D eigenvalue weighted by Gasteiger charge is 2.32. The summed E-state index contributed by atoms with van der Waals surface area (Å²) in [5.41, 5.74) is -2.60. The number of carbonyl (C=O) groups is 2. The molecule has 4 aromatic rings. The standard InChI is InChI=1S/C26H16BrClF7N3O2/c1-38-19(4-5-20(31)32)16-10-18(36-25(40)11-6-12(26(33,34)35)8-14(30)7-11)21(22(27)23(16)37-38)24(39)15-9-13(29)2-3-17(15)28/h2-3,6-10,20H,4-5H2,1H3,(H,36,40). The number of nitrogens with one attached hydrogen (secondary N) is 1. The van der Waals surface area contributed by atoms with Gasteiger partial charge >= 0.3 is 6.18 Å². The molecular weight excluding hydrogens is 635 g/mol. The predicted molar refractivity (Wildman–Crippen MR) is 137 cm³/mol. The number of rotatable bonds is 7. The molecule has 0 atom stereocenters. The molecule has 1 N–H and O–H groups in total. The molecule has 0 aliphatic rings. The highest BCUT2D eigenvalue weighted by molar-refractivity contribution is 9.10. The van der Waals surface area contributed by atoms with Crippen molar-refractivity contribution in [2.24, 2.45) is 7.05 Å². The third-order valence-corrected chi connectivity index (χ3v) is 7.03. The third-order valence-electron chi connectivity index (χ3n) is 5.93. The molecule has 0 spiro atoms. The third kappa shape index (κ3) is 5.99. The first-order valence-corrected chi connectivity index (χ1v) is 12.5. The van der Waals surface area contributed by atoms with Crippen molar-refractivity contribution in [2.75, 3.05) is 5.32 Å². The number of hydrogen-bond acceptors (Lipinski definition) is 3. The number of carbonyl (C=O) groups excluding carboxylic acids is 2. The molecule has 5 nitrogen and oxygen atoms in total. The number of amides is 1. The molecule has 3 aromatic carbocycles. The number of halogens is 9. The highest BCUT2D eigenvalue weighted by atomic mass is 79.9. The van der Waals surface area contributed by atoms with Crippen molar-refractivity contribution >= 4 is 55.8 Å². The lowest BCUT2D eigenvalue weighted by molar-refractivity contribution is -0.137. The lowest BCUT2D eigenvalue weighted by Crippen LogP contribution is -2.17. The number of alkyl halides is 5. The Hall–Kier alpha value is -3.45. The van der Waals surface area contributed by atoms with E-state index in [0.29, 0.717) is 17.8 Å². The maximum Gasteiger partial charge on any atom is 0.416 e. The number of anilines is 1. The van der Waals surface area contributed by atoms with Gasteiger partial charge in [0.25, 0.3) is 5.91 Å². The van der Waals surface area contributed by atoms with E-state index in [4.69, 9.17) is 11.6 Å². The normalized spacial score (nSPS) is 11.9. The number of nitrogens with zero attached hydrogens (tertiary/aromatic N) is 2. The number of aryl methyl sites for hydroxylation is 2. The quantitative estimate of drug-likeness (QED) is 0.163. The van der Waals surface area contributed by atoms with Crippen LogP contribution in [0.2, 0.25) is 5.02 Å². The van der Waals surface area contributed by atoms with Gasteiger partial charge in [0.15, 0.2) is 5.78 Å². The Morgan fingerprint density at radius 1 is 1.07 bits per heavy atom. The Kier molecular flexibility index (Phi) is 8.27. The van der Waals surface area contributed by atoms with Crippen LogP contribution >= 0.6 is 27.5 Å². The summed E-state index contributed by atoms with van der Waals surface area (Å²) in [6.07, 6.45) is -8.27. The van der Waals surface area contributed by atoms with E-state index in [-0.39, 0.29) is 49.7 Å². The number of ketones is 1. The van der Waals surface area contributed by atoms with Gasteiger partial charge in [0, 0.05) is 35.7 Å². The Balaban J connectivity index is 1.91. The lowest BCUT2D eigenvalue weighted by Gasteiger charge is -2.15. The monoisotopic (exact) mass is 649 g/mol. The number of hydrogen-bond donors (Lipinski definition) is 1. The number of aromatic nitrogens is 2. The minimum atomic E-state index is -4.95. The zero-order valence-electron chi connectivity index (χ0n) is 20.1. The van der Waals surface area contributed by atoms with Gasteiger partial charge in [0.1, 0.15) is 17.2 Å². The molecule has 0 fully saturated rings. The molecule has 0 aliphatic heterocycles. The van der Waals surface area contributed by atoms with E-state index in [2.05, 4.69) is 26.3 Å². The van der Waals surface area contributed by atoms with Gasteiger partial charge in [-0.25, -0.2) is 17.6 Å². The smallest absolute Gasteiger partial charge is 0.321 e. The largest absolute Gasteiger partial charge is 0.416 e. The van der Waals surface area contributed by atoms with Gasteiger partial charge in [-0.15, -0.1) is 0 Å². The molecule has 0 radical (unpaired) electrons. The molecular formula is C26H16BrClF7N3O2. The fourth-order valence-electron chi connectivity index (χ4n) is 4.09. The topological polar surface area (TPSA) is 64.0 Å². The highest BCUT2D eigenvalue weighted by Crippen LogP contribution is 2.38. The van der Waals surface area contributed by atoms with Crippen LogP contribution in [-0.2, 0) is 19.6 Å². The Labute approximate surface area is 235 Å². The summed E-state index contributed by atoms with van der Waals surface area (Å²) in [5.74, 6) is -4.25. The summed E-state index contributed by atoms with van der Waals surface area (Å²) in [6, 6.07) is 5.43. The van der Waals surface area contributed by atoms with Gasteiger partial charge in [0.05, 0.1) is 26.3 Å². The summed E-state index contributed by atoms with van der Waals surface area (Å²) in [4.78, 5) is 26.6. The fourth-order valence-corrected chi connectivity index (χ4v) is 4.98. The van der Waals surface area contributed by atoms with E-state index >= 15 is 0 Å². The van der Waals surface area contributed by atoms with Crippen LogP contribution in [0.25, 0.3) is 10.9 Å². The number of benzene rings is 3. The molecule has 0 bridgehead atoms. The second-order valence-electron chi connectivity index (χ2n) is 8.64. The van der Waals surface area contributed by atoms with Crippen molar-refractivity contribution in [1.82, 2.24) is 9.78 Å². The molecule has 0 saturated heterocycles. The summed E-state index contributed by atoms with van der Waals surface area (Å²) in [6.45, 7) is 0. The molecule has 210 valence electrons. The molecule has 0 unspecified atom stereocenters. The van der Waals surface area contributed by atoms with Crippen LogP contribution in [0.5, 0.6) is 0 Å². The second-order valence-corrected chi connectivity index (χ2v) is 9.84. The fraction of sp³-hybridized carbons (Fsp3) is 0.192. The van der Waals surface area contributed by atoms with Crippen molar-refractivity contribution in [3.8, 4) is 0 Å². The second kappa shape index (κ2) is 11.2. The summed E-state index contributed by atoms with van der Waals surface area (Å²) in [7, 11) is 1.47. The van der Waals surface area contributed by atoms with E-state index in [9.17, 15) is 40.3 Å². The lowest BCUT2D eigenvalue weighted by atomic mass is 9.98. The molecule has 40 heavy (non-hydrogen) atoms. The molecule has 0 saturated carbocycles. The molecule has 4 rings (SSSR count). The van der Waals surface area contributed by atoms with E-state index in [1.54, 1.807) is 0 Å². The Morgan fingerprint density at radius 3 is 2.42 bits per heavy atom. The van der Waals surface area contributed by atoms with Gasteiger partial charge < -0.3 is 5.32 Å². The molecule has 1 amide bonds. The SMILES string of the molecule is Cn1nc2c(Br)c(C(=O)c3cc(F)ccc3Cl)c(NC(=O)c3cc(F)cc(C(F)(F)F)c3)cc2c1CCC(F)F. The maximum absolute atomic E-state index is 14.0. The van der Waals surface area contributed by atoms with Crippen LogP contribution in [0.1, 0.15) is 44.0 Å². The van der Waals surface area contributed by atoms with Crippen molar-refractivity contribution < 1.29 is 40.3 Å². The zero-order valence-corrected chi connectivity index (χ0v) is 22.5. The first-order valence-electron chi connectivity index (χ1n) is 11.3. The van der Waals surface area contributed by atoms with Crippen molar-refractivity contribution in [3.05, 3.63) is 91.5 Å². The molecule has 1 aromatic heterocycles. The maximum atomic E-state index is 14.0. The van der Waals surface area contributed by atoms with Crippen molar-refractivity contribution in [3.63, 3.8) is 0 Å². The van der Waals surface area contributed by atoms with Crippen LogP contribution in [0.4, 0.5) is 36.4 Å². The van der Waals surface area contributed by atoms with Crippen LogP contribution in [0.15, 0.2) is 46.9 Å². The van der Waals surface area contributed by atoms with Crippen LogP contribution < -0.4 is 5.32 Å². The average Bonchev–Trinajstić information content (AvgIpc) is 3.18. The minimum Gasteiger partial charge on any atom is -0.321 e. The predicted octanol–water partition coefficient (Wildman–Crippen LogP) is 7.97. The minimum absolute atomic E-state index is 0.0280. The number of fused-ring (bicyclic) bond motifs is 1. The van der Waals surface area contributed by atoms with Gasteiger partial charge in [-0.05, 0) is 64.8 Å².